The van der Waals surface area contributed by atoms with Crippen molar-refractivity contribution in [1.82, 2.24) is 10.4 Å². The minimum absolute atomic E-state index is 0.00233. The number of nitrogens with zero attached hydrogens (tertiary/aromatic N) is 2. The zero-order valence-corrected chi connectivity index (χ0v) is 12.3. The van der Waals surface area contributed by atoms with Crippen LogP contribution in [0.1, 0.15) is 51.9 Å². The number of nitrogens with one attached hydrogen (secondary N) is 2. The molecule has 1 heterocycles. The Bertz CT molecular complexity index is 391. The molecule has 0 aromatic rings. The van der Waals surface area contributed by atoms with Crippen LogP contribution in [0.15, 0.2) is 16.9 Å². The summed E-state index contributed by atoms with van der Waals surface area (Å²) in [7, 11) is 0. The summed E-state index contributed by atoms with van der Waals surface area (Å²) in [5.74, 6) is 2.38. The smallest absolute Gasteiger partial charge is 0.310 e. The van der Waals surface area contributed by atoms with E-state index in [4.69, 9.17) is 5.41 Å². The van der Waals surface area contributed by atoms with E-state index in [2.05, 4.69) is 17.3 Å². The van der Waals surface area contributed by atoms with Crippen LogP contribution in [0.4, 0.5) is 0 Å². The van der Waals surface area contributed by atoms with Gasteiger partial charge in [0.15, 0.2) is 5.82 Å². The molecule has 112 valence electrons. The number of hydrogen-bond donors (Lipinski definition) is 3. The number of rotatable bonds is 7. The van der Waals surface area contributed by atoms with Crippen LogP contribution < -0.4 is 5.43 Å². The third-order valence-corrected chi connectivity index (χ3v) is 4.45. The van der Waals surface area contributed by atoms with Gasteiger partial charge in [0.25, 0.3) is 0 Å². The van der Waals surface area contributed by atoms with E-state index in [1.807, 2.05) is 0 Å². The molecular formula is C15H26N4O. The summed E-state index contributed by atoms with van der Waals surface area (Å²) in [6.45, 7) is 3.14. The maximum atomic E-state index is 9.65. The van der Waals surface area contributed by atoms with Crippen LogP contribution in [0.25, 0.3) is 0 Å². The van der Waals surface area contributed by atoms with E-state index < -0.39 is 0 Å². The van der Waals surface area contributed by atoms with Crippen molar-refractivity contribution >= 4 is 12.2 Å². The molecule has 0 spiro atoms. The highest BCUT2D eigenvalue weighted by Crippen LogP contribution is 2.34. The van der Waals surface area contributed by atoms with Gasteiger partial charge in [0, 0.05) is 12.8 Å². The topological polar surface area (TPSA) is 71.7 Å². The number of hydrazine groups is 1. The first kappa shape index (κ1) is 14.9. The first-order valence-corrected chi connectivity index (χ1v) is 7.73. The lowest BCUT2D eigenvalue weighted by Crippen LogP contribution is -2.37. The summed E-state index contributed by atoms with van der Waals surface area (Å²) in [4.78, 5) is 3.93. The predicted molar refractivity (Wildman–Crippen MR) is 81.7 cm³/mol. The molecule has 1 saturated carbocycles. The molecule has 1 unspecified atom stereocenters. The Morgan fingerprint density at radius 3 is 2.95 bits per heavy atom. The number of unbranched alkanes of at least 4 members (excludes halogenated alkanes) is 2. The van der Waals surface area contributed by atoms with Gasteiger partial charge < -0.3 is 10.5 Å². The lowest BCUT2D eigenvalue weighted by molar-refractivity contribution is 0.291. The van der Waals surface area contributed by atoms with Gasteiger partial charge in [-0.05, 0) is 24.3 Å². The zero-order chi connectivity index (χ0) is 14.4. The molecule has 5 heteroatoms. The molecule has 0 saturated heterocycles. The van der Waals surface area contributed by atoms with Crippen molar-refractivity contribution in [1.29, 1.82) is 5.41 Å². The van der Waals surface area contributed by atoms with Gasteiger partial charge in [-0.3, -0.25) is 5.43 Å². The van der Waals surface area contributed by atoms with Gasteiger partial charge in [-0.2, -0.15) is 4.99 Å². The van der Waals surface area contributed by atoms with Crippen LogP contribution in [0, 0.1) is 17.2 Å². The van der Waals surface area contributed by atoms with E-state index in [1.165, 1.54) is 44.6 Å². The average molecular weight is 278 g/mol. The van der Waals surface area contributed by atoms with E-state index in [0.717, 1.165) is 31.0 Å². The minimum atomic E-state index is 0.00233. The molecule has 0 bridgehead atoms. The van der Waals surface area contributed by atoms with Gasteiger partial charge in [-0.25, -0.2) is 5.01 Å². The summed E-state index contributed by atoms with van der Waals surface area (Å²) in [6, 6.07) is 0.00233. The molecule has 0 aromatic heterocycles. The van der Waals surface area contributed by atoms with Crippen molar-refractivity contribution in [3.63, 3.8) is 0 Å². The monoisotopic (exact) mass is 278 g/mol. The number of aliphatic hydroxyl groups excluding tert-OH is 1. The van der Waals surface area contributed by atoms with Gasteiger partial charge in [-0.1, -0.05) is 45.4 Å². The minimum Gasteiger partial charge on any atom is -0.479 e. The molecule has 2 rings (SSSR count). The third kappa shape index (κ3) is 3.99. The predicted octanol–water partition coefficient (Wildman–Crippen LogP) is 3.21. The van der Waals surface area contributed by atoms with E-state index >= 15 is 0 Å². The van der Waals surface area contributed by atoms with Crippen molar-refractivity contribution in [2.24, 2.45) is 16.8 Å². The summed E-state index contributed by atoms with van der Waals surface area (Å²) in [5.41, 5.74) is 2.97. The van der Waals surface area contributed by atoms with Crippen LogP contribution in [0.5, 0.6) is 0 Å². The number of amidine groups is 1. The molecule has 0 amide bonds. The fraction of sp³-hybridized carbons (Fsp3) is 0.733. The molecule has 0 radical (unpaired) electrons. The summed E-state index contributed by atoms with van der Waals surface area (Å²) < 4.78 is 0. The van der Waals surface area contributed by atoms with Crippen molar-refractivity contribution in [2.45, 2.75) is 51.9 Å². The largest absolute Gasteiger partial charge is 0.479 e. The fourth-order valence-corrected chi connectivity index (χ4v) is 3.20. The quantitative estimate of drug-likeness (QED) is 0.494. The maximum absolute atomic E-state index is 9.65. The Kier molecular flexibility index (Phi) is 5.44. The molecule has 2 atom stereocenters. The average Bonchev–Trinajstić information content (AvgIpc) is 2.97. The van der Waals surface area contributed by atoms with Crippen LogP contribution in [0.2, 0.25) is 0 Å². The van der Waals surface area contributed by atoms with Gasteiger partial charge in [0.2, 0.25) is 0 Å². The van der Waals surface area contributed by atoms with Crippen molar-refractivity contribution in [3.05, 3.63) is 11.9 Å². The van der Waals surface area contributed by atoms with Crippen LogP contribution in [-0.4, -0.2) is 28.9 Å². The molecule has 2 aliphatic rings. The second kappa shape index (κ2) is 7.31. The Balaban J connectivity index is 1.59. The highest BCUT2D eigenvalue weighted by molar-refractivity contribution is 5.77. The van der Waals surface area contributed by atoms with E-state index in [-0.39, 0.29) is 6.02 Å². The maximum Gasteiger partial charge on any atom is 0.310 e. The zero-order valence-electron chi connectivity index (χ0n) is 12.3. The standard InChI is InChI=1S/C15H26N4O/c1-12-6-5-8-13(12)7-3-2-4-11-19-15(20)17-14(18-19)9-10-16/h9-10,12-13,16,18H,2-8,11H2,1H3,(H,17,20)/b14-9-,16-10?/t12?,13-/m1/s1. The second-order valence-corrected chi connectivity index (χ2v) is 5.91. The SMILES string of the molecule is CC1CCC[C@H]1CCCCCN1N/C(=C\C=N)N=C1O. The van der Waals surface area contributed by atoms with E-state index in [0.29, 0.717) is 5.82 Å². The summed E-state index contributed by atoms with van der Waals surface area (Å²) in [5, 5.41) is 18.3. The van der Waals surface area contributed by atoms with E-state index in [1.54, 1.807) is 5.01 Å². The number of hydrogen-bond acceptors (Lipinski definition) is 4. The second-order valence-electron chi connectivity index (χ2n) is 5.91. The van der Waals surface area contributed by atoms with Crippen molar-refractivity contribution < 1.29 is 5.11 Å². The highest BCUT2D eigenvalue weighted by atomic mass is 16.3. The molecule has 0 aromatic carbocycles. The first-order chi connectivity index (χ1) is 9.70. The lowest BCUT2D eigenvalue weighted by Gasteiger charge is -2.17. The number of allylic oxidation sites excluding steroid dienone is 1. The van der Waals surface area contributed by atoms with Gasteiger partial charge in [0.1, 0.15) is 0 Å². The van der Waals surface area contributed by atoms with Gasteiger partial charge >= 0.3 is 6.02 Å². The Labute approximate surface area is 121 Å². The highest BCUT2D eigenvalue weighted by Gasteiger charge is 2.22. The normalized spacial score (nSPS) is 27.8. The Morgan fingerprint density at radius 2 is 2.25 bits per heavy atom. The van der Waals surface area contributed by atoms with Gasteiger partial charge in [0.05, 0.1) is 0 Å². The lowest BCUT2D eigenvalue weighted by atomic mass is 9.92. The Hall–Kier alpha value is -1.52. The Morgan fingerprint density at radius 1 is 1.40 bits per heavy atom. The molecule has 1 fully saturated rings. The van der Waals surface area contributed by atoms with Crippen LogP contribution in [0.3, 0.4) is 0 Å². The molecule has 1 aliphatic carbocycles. The van der Waals surface area contributed by atoms with Crippen LogP contribution >= 0.6 is 0 Å². The van der Waals surface area contributed by atoms with Gasteiger partial charge in [-0.15, -0.1) is 0 Å². The number of aliphatic imine (C=N–C) groups is 1. The molecule has 5 nitrogen and oxygen atoms in total. The first-order valence-electron chi connectivity index (χ1n) is 7.73. The summed E-state index contributed by atoms with van der Waals surface area (Å²) >= 11 is 0. The summed E-state index contributed by atoms with van der Waals surface area (Å²) in [6.07, 6.45) is 11.8. The molecule has 3 N–H and O–H groups in total. The van der Waals surface area contributed by atoms with Crippen molar-refractivity contribution in [2.75, 3.05) is 6.54 Å². The number of aliphatic hydroxyl groups is 1. The molecule has 20 heavy (non-hydrogen) atoms. The molecule has 1 aliphatic heterocycles. The molecular weight excluding hydrogens is 252 g/mol. The van der Waals surface area contributed by atoms with Crippen LogP contribution in [-0.2, 0) is 0 Å². The van der Waals surface area contributed by atoms with E-state index in [9.17, 15) is 5.11 Å². The third-order valence-electron chi connectivity index (χ3n) is 4.45. The van der Waals surface area contributed by atoms with Crippen molar-refractivity contribution in [3.8, 4) is 0 Å². The fourth-order valence-electron chi connectivity index (χ4n) is 3.20.